The van der Waals surface area contributed by atoms with Crippen LogP contribution < -0.4 is 0 Å². The maximum Gasteiger partial charge on any atom is 0.261 e. The minimum Gasteiger partial charge on any atom is -0.336 e. The molecule has 144 valence electrons. The van der Waals surface area contributed by atoms with Gasteiger partial charge in [0, 0.05) is 44.8 Å². The Morgan fingerprint density at radius 3 is 2.11 bits per heavy atom. The normalized spacial score (nSPS) is 17.2. The number of carbonyl (C=O) groups excluding carboxylic acids is 3. The highest BCUT2D eigenvalue weighted by Gasteiger charge is 2.35. The van der Waals surface area contributed by atoms with Crippen molar-refractivity contribution in [2.45, 2.75) is 0 Å². The van der Waals surface area contributed by atoms with Crippen molar-refractivity contribution in [1.82, 2.24) is 14.7 Å². The van der Waals surface area contributed by atoms with Gasteiger partial charge in [-0.05, 0) is 30.3 Å². The summed E-state index contributed by atoms with van der Waals surface area (Å²) in [5.74, 6) is -1.11. The fraction of sp³-hybridized carbons (Fsp3) is 0.286. The van der Waals surface area contributed by atoms with Crippen molar-refractivity contribution < 1.29 is 18.8 Å². The van der Waals surface area contributed by atoms with E-state index < -0.39 is 5.82 Å². The summed E-state index contributed by atoms with van der Waals surface area (Å²) in [6, 6.07) is 12.6. The number of fused-ring (bicyclic) bond motifs is 1. The van der Waals surface area contributed by atoms with E-state index in [9.17, 15) is 18.8 Å². The zero-order valence-electron chi connectivity index (χ0n) is 15.3. The van der Waals surface area contributed by atoms with Crippen LogP contribution in [0, 0.1) is 5.82 Å². The minimum absolute atomic E-state index is 0.181. The Morgan fingerprint density at radius 1 is 0.857 bits per heavy atom. The van der Waals surface area contributed by atoms with Gasteiger partial charge in [0.15, 0.2) is 0 Å². The quantitative estimate of drug-likeness (QED) is 0.759. The van der Waals surface area contributed by atoms with E-state index in [0.717, 1.165) is 0 Å². The third-order valence-corrected chi connectivity index (χ3v) is 5.25. The van der Waals surface area contributed by atoms with Crippen LogP contribution in [0.15, 0.2) is 48.5 Å². The molecule has 2 aromatic carbocycles. The molecule has 0 N–H and O–H groups in total. The second-order valence-corrected chi connectivity index (χ2v) is 6.95. The van der Waals surface area contributed by atoms with E-state index in [4.69, 9.17) is 0 Å². The highest BCUT2D eigenvalue weighted by molar-refractivity contribution is 6.21. The van der Waals surface area contributed by atoms with Crippen molar-refractivity contribution in [3.63, 3.8) is 0 Å². The van der Waals surface area contributed by atoms with E-state index in [1.54, 1.807) is 35.2 Å². The lowest BCUT2D eigenvalue weighted by molar-refractivity contribution is 0.0578. The first-order valence-electron chi connectivity index (χ1n) is 9.27. The zero-order valence-corrected chi connectivity index (χ0v) is 15.3. The van der Waals surface area contributed by atoms with Crippen molar-refractivity contribution in [3.05, 3.63) is 71.0 Å². The molecule has 1 saturated heterocycles. The molecule has 0 atom stereocenters. The van der Waals surface area contributed by atoms with Gasteiger partial charge in [0.2, 0.25) is 0 Å². The van der Waals surface area contributed by atoms with Crippen LogP contribution in [0.25, 0.3) is 0 Å². The number of hydrogen-bond donors (Lipinski definition) is 0. The monoisotopic (exact) mass is 381 g/mol. The van der Waals surface area contributed by atoms with Crippen molar-refractivity contribution >= 4 is 17.7 Å². The van der Waals surface area contributed by atoms with E-state index in [2.05, 4.69) is 4.90 Å². The first kappa shape index (κ1) is 18.3. The third kappa shape index (κ3) is 3.41. The fourth-order valence-electron chi connectivity index (χ4n) is 3.66. The Morgan fingerprint density at radius 2 is 1.50 bits per heavy atom. The van der Waals surface area contributed by atoms with Crippen LogP contribution in [0.2, 0.25) is 0 Å². The number of piperazine rings is 1. The Labute approximate surface area is 162 Å². The van der Waals surface area contributed by atoms with Crippen LogP contribution in [-0.4, -0.2) is 71.7 Å². The first-order valence-corrected chi connectivity index (χ1v) is 9.27. The number of amides is 3. The molecule has 0 radical (unpaired) electrons. The Kier molecular flexibility index (Phi) is 4.92. The molecular formula is C21H20FN3O3. The van der Waals surface area contributed by atoms with Crippen LogP contribution in [0.1, 0.15) is 31.1 Å². The van der Waals surface area contributed by atoms with Gasteiger partial charge >= 0.3 is 0 Å². The standard InChI is InChI=1S/C21H20FN3O3/c22-16-5-3-4-15(14-16)19(26)24-11-8-23(9-12-24)10-13-25-20(27)17-6-1-2-7-18(17)21(25)28/h1-7,14H,8-13H2. The molecule has 0 aliphatic carbocycles. The molecule has 2 aliphatic heterocycles. The molecule has 0 unspecified atom stereocenters. The summed E-state index contributed by atoms with van der Waals surface area (Å²) in [7, 11) is 0. The molecule has 28 heavy (non-hydrogen) atoms. The number of carbonyl (C=O) groups is 3. The average molecular weight is 381 g/mol. The predicted molar refractivity (Wildman–Crippen MR) is 101 cm³/mol. The summed E-state index contributed by atoms with van der Waals surface area (Å²) in [5.41, 5.74) is 1.26. The molecular weight excluding hydrogens is 361 g/mol. The molecule has 7 heteroatoms. The molecule has 2 aliphatic rings. The maximum atomic E-state index is 13.3. The molecule has 2 aromatic rings. The molecule has 6 nitrogen and oxygen atoms in total. The topological polar surface area (TPSA) is 60.9 Å². The molecule has 2 heterocycles. The fourth-order valence-corrected chi connectivity index (χ4v) is 3.66. The SMILES string of the molecule is O=C(c1cccc(F)c1)N1CCN(CCN2C(=O)c3ccccc3C2=O)CC1. The second kappa shape index (κ2) is 7.52. The molecule has 0 bridgehead atoms. The zero-order chi connectivity index (χ0) is 19.7. The van der Waals surface area contributed by atoms with Gasteiger partial charge in [-0.15, -0.1) is 0 Å². The van der Waals surface area contributed by atoms with Crippen molar-refractivity contribution in [1.29, 1.82) is 0 Å². The molecule has 4 rings (SSSR count). The molecule has 0 spiro atoms. The molecule has 0 saturated carbocycles. The van der Waals surface area contributed by atoms with Crippen molar-refractivity contribution in [2.75, 3.05) is 39.3 Å². The van der Waals surface area contributed by atoms with Gasteiger partial charge in [0.1, 0.15) is 5.82 Å². The molecule has 0 aromatic heterocycles. The molecule has 1 fully saturated rings. The minimum atomic E-state index is -0.426. The van der Waals surface area contributed by atoms with Gasteiger partial charge in [0.25, 0.3) is 17.7 Å². The van der Waals surface area contributed by atoms with E-state index in [-0.39, 0.29) is 17.7 Å². The summed E-state index contributed by atoms with van der Waals surface area (Å²) < 4.78 is 13.3. The van der Waals surface area contributed by atoms with Crippen molar-refractivity contribution in [2.24, 2.45) is 0 Å². The summed E-state index contributed by atoms with van der Waals surface area (Å²) in [6.07, 6.45) is 0. The number of imide groups is 1. The van der Waals surface area contributed by atoms with Crippen LogP contribution in [0.5, 0.6) is 0 Å². The van der Waals surface area contributed by atoms with Crippen LogP contribution in [0.4, 0.5) is 4.39 Å². The van der Waals surface area contributed by atoms with Gasteiger partial charge in [0.05, 0.1) is 11.1 Å². The first-order chi connectivity index (χ1) is 13.5. The number of rotatable bonds is 4. The number of halogens is 1. The van der Waals surface area contributed by atoms with E-state index in [1.807, 2.05) is 0 Å². The Balaban J connectivity index is 1.30. The maximum absolute atomic E-state index is 13.3. The van der Waals surface area contributed by atoms with Gasteiger partial charge in [-0.2, -0.15) is 0 Å². The number of benzene rings is 2. The predicted octanol–water partition coefficient (Wildman–Crippen LogP) is 1.88. The molecule has 3 amide bonds. The van der Waals surface area contributed by atoms with Gasteiger partial charge in [-0.1, -0.05) is 18.2 Å². The van der Waals surface area contributed by atoms with E-state index in [0.29, 0.717) is 56.0 Å². The second-order valence-electron chi connectivity index (χ2n) is 6.95. The summed E-state index contributed by atoms with van der Waals surface area (Å²) >= 11 is 0. The lowest BCUT2D eigenvalue weighted by Crippen LogP contribution is -2.50. The summed E-state index contributed by atoms with van der Waals surface area (Å²) in [5, 5.41) is 0. The number of hydrogen-bond acceptors (Lipinski definition) is 4. The Hall–Kier alpha value is -3.06. The number of nitrogens with zero attached hydrogens (tertiary/aromatic N) is 3. The highest BCUT2D eigenvalue weighted by atomic mass is 19.1. The summed E-state index contributed by atoms with van der Waals surface area (Å²) in [6.45, 7) is 3.22. The third-order valence-electron chi connectivity index (χ3n) is 5.25. The highest BCUT2D eigenvalue weighted by Crippen LogP contribution is 2.22. The van der Waals surface area contributed by atoms with Crippen LogP contribution in [-0.2, 0) is 0 Å². The lowest BCUT2D eigenvalue weighted by atomic mass is 10.1. The van der Waals surface area contributed by atoms with E-state index in [1.165, 1.54) is 23.1 Å². The van der Waals surface area contributed by atoms with Crippen molar-refractivity contribution in [3.8, 4) is 0 Å². The average Bonchev–Trinajstić information content (AvgIpc) is 2.97. The largest absolute Gasteiger partial charge is 0.336 e. The lowest BCUT2D eigenvalue weighted by Gasteiger charge is -2.35. The smallest absolute Gasteiger partial charge is 0.261 e. The summed E-state index contributed by atoms with van der Waals surface area (Å²) in [4.78, 5) is 42.4. The Bertz CT molecular complexity index is 903. The van der Waals surface area contributed by atoms with Gasteiger partial charge in [-0.3, -0.25) is 24.2 Å². The van der Waals surface area contributed by atoms with Gasteiger partial charge in [-0.25, -0.2) is 4.39 Å². The van der Waals surface area contributed by atoms with Crippen LogP contribution >= 0.6 is 0 Å². The van der Waals surface area contributed by atoms with Gasteiger partial charge < -0.3 is 4.90 Å². The van der Waals surface area contributed by atoms with Crippen LogP contribution in [0.3, 0.4) is 0 Å². The van der Waals surface area contributed by atoms with E-state index >= 15 is 0 Å².